The van der Waals surface area contributed by atoms with E-state index >= 15 is 0 Å². The molecule has 1 aliphatic rings. The van der Waals surface area contributed by atoms with E-state index in [0.717, 1.165) is 37.4 Å². The molecule has 1 atom stereocenters. The molecule has 1 aliphatic heterocycles. The number of hydrogen-bond donors (Lipinski definition) is 1. The molecule has 26 heavy (non-hydrogen) atoms. The molecule has 0 aliphatic carbocycles. The van der Waals surface area contributed by atoms with Gasteiger partial charge in [0, 0.05) is 31.4 Å². The number of piperidine rings is 1. The zero-order valence-corrected chi connectivity index (χ0v) is 14.8. The van der Waals surface area contributed by atoms with Gasteiger partial charge in [-0.25, -0.2) is 14.8 Å². The largest absolute Gasteiger partial charge is 0.490 e. The molecule has 1 fully saturated rings. The number of aromatic nitrogens is 2. The number of anilines is 1. The SMILES string of the molecule is CCOc1ccccc1OC[C@@H]1CCCN(c2ncc(C(=O)O)cn2)C1. The molecule has 0 spiro atoms. The molecule has 7 heteroatoms. The van der Waals surface area contributed by atoms with E-state index in [0.29, 0.717) is 25.1 Å². The molecule has 2 aromatic rings. The molecule has 0 bridgehead atoms. The van der Waals surface area contributed by atoms with E-state index in [4.69, 9.17) is 14.6 Å². The summed E-state index contributed by atoms with van der Waals surface area (Å²) in [5.41, 5.74) is 0.0955. The van der Waals surface area contributed by atoms with Crippen LogP contribution in [0.2, 0.25) is 0 Å². The maximum absolute atomic E-state index is 10.9. The van der Waals surface area contributed by atoms with Crippen LogP contribution in [0, 0.1) is 5.92 Å². The van der Waals surface area contributed by atoms with Crippen molar-refractivity contribution in [1.29, 1.82) is 0 Å². The average Bonchev–Trinajstić information content (AvgIpc) is 2.68. The molecule has 0 unspecified atom stereocenters. The first-order chi connectivity index (χ1) is 12.7. The summed E-state index contributed by atoms with van der Waals surface area (Å²) in [6.45, 7) is 4.78. The van der Waals surface area contributed by atoms with Gasteiger partial charge < -0.3 is 19.5 Å². The van der Waals surface area contributed by atoms with E-state index in [9.17, 15) is 4.79 Å². The Labute approximate surface area is 152 Å². The molecule has 7 nitrogen and oxygen atoms in total. The Kier molecular flexibility index (Phi) is 5.88. The lowest BCUT2D eigenvalue weighted by Gasteiger charge is -2.32. The Morgan fingerprint density at radius 1 is 1.23 bits per heavy atom. The summed E-state index contributed by atoms with van der Waals surface area (Å²) in [7, 11) is 0. The number of ether oxygens (including phenoxy) is 2. The lowest BCUT2D eigenvalue weighted by Crippen LogP contribution is -2.38. The summed E-state index contributed by atoms with van der Waals surface area (Å²) >= 11 is 0. The van der Waals surface area contributed by atoms with Crippen LogP contribution in [0.4, 0.5) is 5.95 Å². The highest BCUT2D eigenvalue weighted by molar-refractivity contribution is 5.86. The second-order valence-corrected chi connectivity index (χ2v) is 6.22. The van der Waals surface area contributed by atoms with Gasteiger partial charge in [0.2, 0.25) is 5.95 Å². The quantitative estimate of drug-likeness (QED) is 0.815. The predicted octanol–water partition coefficient (Wildman–Crippen LogP) is 2.87. The van der Waals surface area contributed by atoms with Crippen molar-refractivity contribution in [2.45, 2.75) is 19.8 Å². The van der Waals surface area contributed by atoms with Crippen molar-refractivity contribution in [3.63, 3.8) is 0 Å². The molecule has 1 aromatic carbocycles. The van der Waals surface area contributed by atoms with Gasteiger partial charge in [-0.3, -0.25) is 0 Å². The van der Waals surface area contributed by atoms with Crippen LogP contribution in [0.1, 0.15) is 30.1 Å². The van der Waals surface area contributed by atoms with Crippen LogP contribution in [0.15, 0.2) is 36.7 Å². The fourth-order valence-corrected chi connectivity index (χ4v) is 3.03. The summed E-state index contributed by atoms with van der Waals surface area (Å²) in [5, 5.41) is 8.95. The first-order valence-electron chi connectivity index (χ1n) is 8.82. The Balaban J connectivity index is 1.59. The fraction of sp³-hybridized carbons (Fsp3) is 0.421. The van der Waals surface area contributed by atoms with Crippen LogP contribution >= 0.6 is 0 Å². The number of hydrogen-bond acceptors (Lipinski definition) is 6. The van der Waals surface area contributed by atoms with Crippen LogP contribution in [0.25, 0.3) is 0 Å². The molecule has 0 saturated carbocycles. The van der Waals surface area contributed by atoms with Crippen molar-refractivity contribution in [2.24, 2.45) is 5.92 Å². The van der Waals surface area contributed by atoms with Crippen molar-refractivity contribution >= 4 is 11.9 Å². The highest BCUT2D eigenvalue weighted by Crippen LogP contribution is 2.28. The highest BCUT2D eigenvalue weighted by Gasteiger charge is 2.23. The Morgan fingerprint density at radius 3 is 2.58 bits per heavy atom. The Morgan fingerprint density at radius 2 is 1.92 bits per heavy atom. The first kappa shape index (κ1) is 18.0. The van der Waals surface area contributed by atoms with Gasteiger partial charge in [0.05, 0.1) is 18.8 Å². The van der Waals surface area contributed by atoms with E-state index < -0.39 is 5.97 Å². The van der Waals surface area contributed by atoms with E-state index in [2.05, 4.69) is 14.9 Å². The van der Waals surface area contributed by atoms with Gasteiger partial charge in [0.25, 0.3) is 0 Å². The normalized spacial score (nSPS) is 17.0. The Bertz CT molecular complexity index is 736. The number of carboxylic acids is 1. The molecule has 2 heterocycles. The van der Waals surface area contributed by atoms with Gasteiger partial charge in [-0.2, -0.15) is 0 Å². The number of benzene rings is 1. The second-order valence-electron chi connectivity index (χ2n) is 6.22. The minimum Gasteiger partial charge on any atom is -0.490 e. The van der Waals surface area contributed by atoms with Gasteiger partial charge in [-0.1, -0.05) is 12.1 Å². The van der Waals surface area contributed by atoms with Crippen molar-refractivity contribution in [3.8, 4) is 11.5 Å². The van der Waals surface area contributed by atoms with E-state index in [1.54, 1.807) is 0 Å². The number of carboxylic acid groups (broad SMARTS) is 1. The molecule has 3 rings (SSSR count). The summed E-state index contributed by atoms with van der Waals surface area (Å²) in [5.74, 6) is 1.41. The molecular formula is C19H23N3O4. The molecule has 1 saturated heterocycles. The van der Waals surface area contributed by atoms with Gasteiger partial charge in [0.15, 0.2) is 11.5 Å². The lowest BCUT2D eigenvalue weighted by molar-refractivity contribution is 0.0696. The van der Waals surface area contributed by atoms with Gasteiger partial charge in [-0.05, 0) is 31.9 Å². The van der Waals surface area contributed by atoms with Crippen molar-refractivity contribution in [2.75, 3.05) is 31.2 Å². The molecule has 138 valence electrons. The molecular weight excluding hydrogens is 334 g/mol. The highest BCUT2D eigenvalue weighted by atomic mass is 16.5. The summed E-state index contributed by atoms with van der Waals surface area (Å²) in [6, 6.07) is 7.68. The summed E-state index contributed by atoms with van der Waals surface area (Å²) in [6.07, 6.45) is 4.79. The minimum absolute atomic E-state index is 0.0955. The third-order valence-electron chi connectivity index (χ3n) is 4.31. The van der Waals surface area contributed by atoms with Gasteiger partial charge in [-0.15, -0.1) is 0 Å². The van der Waals surface area contributed by atoms with E-state index in [1.165, 1.54) is 12.4 Å². The number of aromatic carboxylic acids is 1. The molecule has 1 aromatic heterocycles. The lowest BCUT2D eigenvalue weighted by atomic mass is 9.99. The smallest absolute Gasteiger partial charge is 0.338 e. The zero-order valence-electron chi connectivity index (χ0n) is 14.8. The molecule has 0 amide bonds. The average molecular weight is 357 g/mol. The molecule has 0 radical (unpaired) electrons. The van der Waals surface area contributed by atoms with Crippen LogP contribution in [0.5, 0.6) is 11.5 Å². The van der Waals surface area contributed by atoms with Gasteiger partial charge >= 0.3 is 5.97 Å². The van der Waals surface area contributed by atoms with Crippen LogP contribution in [-0.2, 0) is 0 Å². The van der Waals surface area contributed by atoms with Crippen molar-refractivity contribution < 1.29 is 19.4 Å². The van der Waals surface area contributed by atoms with Gasteiger partial charge in [0.1, 0.15) is 0 Å². The fourth-order valence-electron chi connectivity index (χ4n) is 3.03. The number of rotatable bonds is 7. The third kappa shape index (κ3) is 4.41. The maximum atomic E-state index is 10.9. The van der Waals surface area contributed by atoms with Crippen molar-refractivity contribution in [3.05, 3.63) is 42.2 Å². The minimum atomic E-state index is -1.02. The van der Waals surface area contributed by atoms with Crippen LogP contribution in [-0.4, -0.2) is 47.3 Å². The van der Waals surface area contributed by atoms with E-state index in [-0.39, 0.29) is 5.56 Å². The number of para-hydroxylation sites is 2. The monoisotopic (exact) mass is 357 g/mol. The first-order valence-corrected chi connectivity index (χ1v) is 8.82. The Hall–Kier alpha value is -2.83. The number of nitrogens with zero attached hydrogens (tertiary/aromatic N) is 3. The van der Waals surface area contributed by atoms with Crippen molar-refractivity contribution in [1.82, 2.24) is 9.97 Å². The van der Waals surface area contributed by atoms with Crippen LogP contribution in [0.3, 0.4) is 0 Å². The third-order valence-corrected chi connectivity index (χ3v) is 4.31. The standard InChI is InChI=1S/C19H23N3O4/c1-2-25-16-7-3-4-8-17(16)26-13-14-6-5-9-22(12-14)19-20-10-15(11-21-19)18(23)24/h3-4,7-8,10-11,14H,2,5-6,9,12-13H2,1H3,(H,23,24)/t14-/m1/s1. The maximum Gasteiger partial charge on any atom is 0.338 e. The molecule has 1 N–H and O–H groups in total. The topological polar surface area (TPSA) is 84.8 Å². The number of carbonyl (C=O) groups is 1. The zero-order chi connectivity index (χ0) is 18.4. The summed E-state index contributed by atoms with van der Waals surface area (Å²) in [4.78, 5) is 21.4. The van der Waals surface area contributed by atoms with E-state index in [1.807, 2.05) is 31.2 Å². The summed E-state index contributed by atoms with van der Waals surface area (Å²) < 4.78 is 11.6. The predicted molar refractivity (Wildman–Crippen MR) is 97.0 cm³/mol. The van der Waals surface area contributed by atoms with Crippen LogP contribution < -0.4 is 14.4 Å². The second kappa shape index (κ2) is 8.51.